The average Bonchev–Trinajstić information content (AvgIpc) is 2.66. The van der Waals surface area contributed by atoms with E-state index < -0.39 is 5.97 Å². The molecule has 0 amide bonds. The summed E-state index contributed by atoms with van der Waals surface area (Å²) in [5, 5.41) is 0. The lowest BCUT2D eigenvalue weighted by molar-refractivity contribution is 0.0563. The summed E-state index contributed by atoms with van der Waals surface area (Å²) in [4.78, 5) is 22.2. The molecule has 0 aliphatic rings. The number of esters is 1. The SMILES string of the molecule is COC(=O)c1ccc(C(=O)CCN)o1. The van der Waals surface area contributed by atoms with Crippen LogP contribution in [0.3, 0.4) is 0 Å². The number of carbonyl (C=O) groups is 2. The number of rotatable bonds is 4. The molecule has 5 heteroatoms. The van der Waals surface area contributed by atoms with Crippen LogP contribution in [0.5, 0.6) is 0 Å². The van der Waals surface area contributed by atoms with E-state index in [2.05, 4.69) is 4.74 Å². The fourth-order valence-corrected chi connectivity index (χ4v) is 0.952. The second kappa shape index (κ2) is 4.57. The van der Waals surface area contributed by atoms with Crippen molar-refractivity contribution in [2.45, 2.75) is 6.42 Å². The van der Waals surface area contributed by atoms with Crippen molar-refractivity contribution in [1.82, 2.24) is 0 Å². The molecular weight excluding hydrogens is 186 g/mol. The quantitative estimate of drug-likeness (QED) is 0.564. The predicted octanol–water partition coefficient (Wildman–Crippen LogP) is 0.598. The number of methoxy groups -OCH3 is 1. The largest absolute Gasteiger partial charge is 0.463 e. The monoisotopic (exact) mass is 197 g/mol. The lowest BCUT2D eigenvalue weighted by atomic mass is 10.2. The van der Waals surface area contributed by atoms with E-state index in [4.69, 9.17) is 10.2 Å². The third kappa shape index (κ3) is 2.20. The van der Waals surface area contributed by atoms with Gasteiger partial charge in [0.1, 0.15) is 0 Å². The third-order valence-corrected chi connectivity index (χ3v) is 1.64. The maximum absolute atomic E-state index is 11.2. The number of hydrogen-bond donors (Lipinski definition) is 1. The van der Waals surface area contributed by atoms with Crippen LogP contribution in [0.25, 0.3) is 0 Å². The van der Waals surface area contributed by atoms with Gasteiger partial charge in [-0.15, -0.1) is 0 Å². The Bertz CT molecular complexity index is 342. The molecule has 0 aromatic carbocycles. The molecule has 0 aliphatic heterocycles. The van der Waals surface area contributed by atoms with Crippen LogP contribution in [-0.4, -0.2) is 25.4 Å². The van der Waals surface area contributed by atoms with E-state index in [1.807, 2.05) is 0 Å². The molecule has 0 unspecified atom stereocenters. The van der Waals surface area contributed by atoms with Gasteiger partial charge < -0.3 is 14.9 Å². The Hall–Kier alpha value is -1.62. The predicted molar refractivity (Wildman–Crippen MR) is 48.0 cm³/mol. The number of hydrogen-bond acceptors (Lipinski definition) is 5. The highest BCUT2D eigenvalue weighted by Crippen LogP contribution is 2.10. The van der Waals surface area contributed by atoms with Crippen molar-refractivity contribution in [1.29, 1.82) is 0 Å². The molecule has 76 valence electrons. The third-order valence-electron chi connectivity index (χ3n) is 1.64. The smallest absolute Gasteiger partial charge is 0.373 e. The zero-order chi connectivity index (χ0) is 10.6. The van der Waals surface area contributed by atoms with Crippen LogP contribution in [0.1, 0.15) is 27.5 Å². The van der Waals surface area contributed by atoms with Crippen LogP contribution < -0.4 is 5.73 Å². The van der Waals surface area contributed by atoms with E-state index in [9.17, 15) is 9.59 Å². The molecule has 0 atom stereocenters. The van der Waals surface area contributed by atoms with Crippen molar-refractivity contribution in [3.05, 3.63) is 23.7 Å². The number of Topliss-reactive ketones (excluding diaryl/α,β-unsaturated/α-hetero) is 1. The molecule has 0 aliphatic carbocycles. The minimum absolute atomic E-state index is 0.0212. The van der Waals surface area contributed by atoms with Crippen molar-refractivity contribution < 1.29 is 18.7 Å². The van der Waals surface area contributed by atoms with E-state index in [1.165, 1.54) is 19.2 Å². The van der Waals surface area contributed by atoms with Crippen LogP contribution >= 0.6 is 0 Å². The zero-order valence-corrected chi connectivity index (χ0v) is 7.78. The second-order valence-electron chi connectivity index (χ2n) is 2.62. The summed E-state index contributed by atoms with van der Waals surface area (Å²) >= 11 is 0. The van der Waals surface area contributed by atoms with E-state index >= 15 is 0 Å². The molecule has 1 heterocycles. The van der Waals surface area contributed by atoms with Crippen LogP contribution in [0, 0.1) is 0 Å². The highest BCUT2D eigenvalue weighted by molar-refractivity contribution is 5.95. The van der Waals surface area contributed by atoms with Crippen LogP contribution in [0.4, 0.5) is 0 Å². The molecule has 0 fully saturated rings. The Labute approximate surface area is 80.8 Å². The number of nitrogens with two attached hydrogens (primary N) is 1. The van der Waals surface area contributed by atoms with Gasteiger partial charge in [-0.1, -0.05) is 0 Å². The Balaban J connectivity index is 2.77. The van der Waals surface area contributed by atoms with Gasteiger partial charge in [0.25, 0.3) is 0 Å². The van der Waals surface area contributed by atoms with Gasteiger partial charge in [-0.3, -0.25) is 4.79 Å². The lowest BCUT2D eigenvalue weighted by Crippen LogP contribution is -2.07. The number of furan rings is 1. The van der Waals surface area contributed by atoms with Gasteiger partial charge in [0.15, 0.2) is 11.5 Å². The van der Waals surface area contributed by atoms with Gasteiger partial charge in [-0.05, 0) is 18.7 Å². The molecule has 5 nitrogen and oxygen atoms in total. The number of ether oxygens (including phenoxy) is 1. The van der Waals surface area contributed by atoms with Crippen molar-refractivity contribution in [2.24, 2.45) is 5.73 Å². The van der Waals surface area contributed by atoms with Crippen LogP contribution in [0.15, 0.2) is 16.5 Å². The zero-order valence-electron chi connectivity index (χ0n) is 7.78. The Morgan fingerprint density at radius 3 is 2.64 bits per heavy atom. The van der Waals surface area contributed by atoms with Gasteiger partial charge >= 0.3 is 5.97 Å². The highest BCUT2D eigenvalue weighted by atomic mass is 16.5. The first-order chi connectivity index (χ1) is 6.69. The molecule has 1 aromatic heterocycles. The Morgan fingerprint density at radius 1 is 1.43 bits per heavy atom. The Morgan fingerprint density at radius 2 is 2.07 bits per heavy atom. The van der Waals surface area contributed by atoms with E-state index in [-0.39, 0.29) is 30.3 Å². The molecule has 0 saturated carbocycles. The standard InChI is InChI=1S/C9H11NO4/c1-13-9(12)8-3-2-7(14-8)6(11)4-5-10/h2-3H,4-5,10H2,1H3. The van der Waals surface area contributed by atoms with Crippen LogP contribution in [-0.2, 0) is 4.74 Å². The fraction of sp³-hybridized carbons (Fsp3) is 0.333. The van der Waals surface area contributed by atoms with Crippen molar-refractivity contribution >= 4 is 11.8 Å². The summed E-state index contributed by atoms with van der Waals surface area (Å²) in [5.74, 6) is -0.664. The summed E-state index contributed by atoms with van der Waals surface area (Å²) in [7, 11) is 1.24. The van der Waals surface area contributed by atoms with Crippen molar-refractivity contribution in [2.75, 3.05) is 13.7 Å². The minimum Gasteiger partial charge on any atom is -0.463 e. The van der Waals surface area contributed by atoms with E-state index in [1.54, 1.807) is 0 Å². The average molecular weight is 197 g/mol. The number of carbonyl (C=O) groups excluding carboxylic acids is 2. The minimum atomic E-state index is -0.600. The maximum atomic E-state index is 11.2. The first-order valence-corrected chi connectivity index (χ1v) is 4.10. The number of ketones is 1. The first-order valence-electron chi connectivity index (χ1n) is 4.10. The molecule has 14 heavy (non-hydrogen) atoms. The van der Waals surface area contributed by atoms with Crippen molar-refractivity contribution in [3.8, 4) is 0 Å². The summed E-state index contributed by atoms with van der Waals surface area (Å²) in [6.45, 7) is 0.257. The Kier molecular flexibility index (Phi) is 3.41. The van der Waals surface area contributed by atoms with Crippen molar-refractivity contribution in [3.63, 3.8) is 0 Å². The molecule has 0 saturated heterocycles. The lowest BCUT2D eigenvalue weighted by Gasteiger charge is -1.94. The first kappa shape index (κ1) is 10.5. The second-order valence-corrected chi connectivity index (χ2v) is 2.62. The van der Waals surface area contributed by atoms with Gasteiger partial charge in [-0.2, -0.15) is 0 Å². The summed E-state index contributed by atoms with van der Waals surface area (Å²) in [5.41, 5.74) is 5.21. The summed E-state index contributed by atoms with van der Waals surface area (Å²) in [6.07, 6.45) is 0.203. The van der Waals surface area contributed by atoms with E-state index in [0.717, 1.165) is 0 Å². The fourth-order valence-electron chi connectivity index (χ4n) is 0.952. The van der Waals surface area contributed by atoms with Gasteiger partial charge in [0.05, 0.1) is 7.11 Å². The molecule has 1 aromatic rings. The van der Waals surface area contributed by atoms with Gasteiger partial charge in [0, 0.05) is 6.42 Å². The van der Waals surface area contributed by atoms with E-state index in [0.29, 0.717) is 0 Å². The van der Waals surface area contributed by atoms with Crippen LogP contribution in [0.2, 0.25) is 0 Å². The highest BCUT2D eigenvalue weighted by Gasteiger charge is 2.14. The molecule has 2 N–H and O–H groups in total. The molecular formula is C9H11NO4. The molecule has 1 rings (SSSR count). The summed E-state index contributed by atoms with van der Waals surface area (Å²) in [6, 6.07) is 2.83. The maximum Gasteiger partial charge on any atom is 0.373 e. The van der Waals surface area contributed by atoms with Gasteiger partial charge in [-0.25, -0.2) is 4.79 Å². The topological polar surface area (TPSA) is 82.5 Å². The summed E-state index contributed by atoms with van der Waals surface area (Å²) < 4.78 is 9.39. The van der Waals surface area contributed by atoms with Gasteiger partial charge in [0.2, 0.25) is 5.76 Å². The molecule has 0 radical (unpaired) electrons. The normalized spacial score (nSPS) is 9.86. The molecule has 0 bridgehead atoms. The molecule has 0 spiro atoms.